The Balaban J connectivity index is 1.30. The molecule has 4 atom stereocenters. The molecule has 0 saturated carbocycles. The molecule has 3 heterocycles. The van der Waals surface area contributed by atoms with Crippen LogP contribution in [0.3, 0.4) is 0 Å². The number of carbonyl (C=O) groups is 1. The van der Waals surface area contributed by atoms with Crippen LogP contribution in [0, 0.1) is 0 Å². The van der Waals surface area contributed by atoms with Crippen molar-refractivity contribution in [2.45, 2.75) is 50.8 Å². The van der Waals surface area contributed by atoms with Gasteiger partial charge in [-0.2, -0.15) is 0 Å². The SMILES string of the molecule is [B]c1ccc(NC(=O)NCCCN(CC2O[C@@H](n3ccc4c(N)ncnc43)[C@H](O)[C@@H]2O)C(C)C)cc1. The average Bonchev–Trinajstić information content (AvgIpc) is 3.39. The summed E-state index contributed by atoms with van der Waals surface area (Å²) < 4.78 is 7.78. The Bertz CT molecular complexity index is 1170. The van der Waals surface area contributed by atoms with Crippen LogP contribution in [0.4, 0.5) is 16.3 Å². The quantitative estimate of drug-likeness (QED) is 0.212. The van der Waals surface area contributed by atoms with Gasteiger partial charge in [-0.15, -0.1) is 0 Å². The van der Waals surface area contributed by atoms with E-state index in [1.807, 2.05) is 0 Å². The van der Waals surface area contributed by atoms with Gasteiger partial charge >= 0.3 is 6.03 Å². The second kappa shape index (κ2) is 11.3. The highest BCUT2D eigenvalue weighted by Crippen LogP contribution is 2.33. The summed E-state index contributed by atoms with van der Waals surface area (Å²) in [5.41, 5.74) is 7.74. The molecule has 0 bridgehead atoms. The molecule has 12 heteroatoms. The van der Waals surface area contributed by atoms with Crippen LogP contribution in [0.15, 0.2) is 42.9 Å². The van der Waals surface area contributed by atoms with Gasteiger partial charge in [-0.1, -0.05) is 17.6 Å². The Labute approximate surface area is 211 Å². The minimum atomic E-state index is -1.13. The Morgan fingerprint density at radius 3 is 2.69 bits per heavy atom. The number of fused-ring (bicyclic) bond motifs is 1. The van der Waals surface area contributed by atoms with Gasteiger partial charge in [-0.25, -0.2) is 14.8 Å². The summed E-state index contributed by atoms with van der Waals surface area (Å²) in [5, 5.41) is 27.7. The van der Waals surface area contributed by atoms with Crippen molar-refractivity contribution in [3.63, 3.8) is 0 Å². The molecule has 3 aromatic rings. The van der Waals surface area contributed by atoms with Crippen molar-refractivity contribution in [1.82, 2.24) is 24.8 Å². The number of anilines is 2. The minimum Gasteiger partial charge on any atom is -0.387 e. The third-order valence-corrected chi connectivity index (χ3v) is 6.37. The van der Waals surface area contributed by atoms with Gasteiger partial charge in [-0.3, -0.25) is 4.90 Å². The molecular weight excluding hydrogens is 461 g/mol. The number of aliphatic hydroxyl groups is 2. The van der Waals surface area contributed by atoms with Gasteiger partial charge in [0.05, 0.1) is 5.39 Å². The van der Waals surface area contributed by atoms with E-state index in [0.717, 1.165) is 0 Å². The van der Waals surface area contributed by atoms with Crippen molar-refractivity contribution >= 4 is 41.9 Å². The number of aromatic nitrogens is 3. The van der Waals surface area contributed by atoms with Crippen molar-refractivity contribution < 1.29 is 19.7 Å². The van der Waals surface area contributed by atoms with Crippen LogP contribution in [0.1, 0.15) is 26.5 Å². The number of urea groups is 1. The Morgan fingerprint density at radius 2 is 1.97 bits per heavy atom. The van der Waals surface area contributed by atoms with Crippen LogP contribution >= 0.6 is 0 Å². The maximum Gasteiger partial charge on any atom is 0.319 e. The number of aliphatic hydroxyl groups excluding tert-OH is 2. The lowest BCUT2D eigenvalue weighted by molar-refractivity contribution is -0.0465. The Hall–Kier alpha value is -3.19. The zero-order valence-electron chi connectivity index (χ0n) is 20.4. The van der Waals surface area contributed by atoms with Gasteiger partial charge in [0.1, 0.15) is 44.0 Å². The highest BCUT2D eigenvalue weighted by Gasteiger charge is 2.44. The maximum absolute atomic E-state index is 12.1. The number of amides is 2. The number of benzene rings is 1. The number of hydrogen-bond donors (Lipinski definition) is 5. The van der Waals surface area contributed by atoms with Crippen LogP contribution in [-0.2, 0) is 4.74 Å². The summed E-state index contributed by atoms with van der Waals surface area (Å²) in [6.45, 7) is 5.66. The molecular formula is C24H32BN7O4. The summed E-state index contributed by atoms with van der Waals surface area (Å²) >= 11 is 0. The predicted molar refractivity (Wildman–Crippen MR) is 138 cm³/mol. The van der Waals surface area contributed by atoms with Gasteiger partial charge in [0.25, 0.3) is 0 Å². The van der Waals surface area contributed by atoms with Crippen LogP contribution in [0.25, 0.3) is 11.0 Å². The summed E-state index contributed by atoms with van der Waals surface area (Å²) in [7, 11) is 5.66. The van der Waals surface area contributed by atoms with Crippen LogP contribution < -0.4 is 21.8 Å². The molecule has 4 rings (SSSR count). The van der Waals surface area contributed by atoms with Gasteiger partial charge < -0.3 is 35.9 Å². The second-order valence-electron chi connectivity index (χ2n) is 9.21. The van der Waals surface area contributed by atoms with Gasteiger partial charge in [0.15, 0.2) is 6.23 Å². The fourth-order valence-electron chi connectivity index (χ4n) is 4.32. The van der Waals surface area contributed by atoms with Crippen molar-refractivity contribution in [3.05, 3.63) is 42.9 Å². The normalized spacial score (nSPS) is 21.9. The largest absolute Gasteiger partial charge is 0.387 e. The zero-order chi connectivity index (χ0) is 25.8. The number of carbonyl (C=O) groups excluding carboxylic acids is 1. The second-order valence-corrected chi connectivity index (χ2v) is 9.21. The molecule has 2 amide bonds. The fraction of sp³-hybridized carbons (Fsp3) is 0.458. The van der Waals surface area contributed by atoms with E-state index in [1.165, 1.54) is 6.33 Å². The van der Waals surface area contributed by atoms with Gasteiger partial charge in [0.2, 0.25) is 0 Å². The minimum absolute atomic E-state index is 0.167. The number of nitrogens with one attached hydrogen (secondary N) is 2. The number of nitrogen functional groups attached to an aromatic ring is 1. The monoisotopic (exact) mass is 493 g/mol. The van der Waals surface area contributed by atoms with Crippen molar-refractivity contribution in [2.75, 3.05) is 30.7 Å². The number of ether oxygens (including phenoxy) is 1. The van der Waals surface area contributed by atoms with E-state index >= 15 is 0 Å². The molecule has 11 nitrogen and oxygen atoms in total. The summed E-state index contributed by atoms with van der Waals surface area (Å²) in [4.78, 5) is 22.5. The molecule has 36 heavy (non-hydrogen) atoms. The molecule has 1 fully saturated rings. The van der Waals surface area contributed by atoms with E-state index in [2.05, 4.69) is 39.3 Å². The standard InChI is InChI=1S/C24H32BN7O4/c1-14(2)31(10-3-9-27-24(35)30-16-6-4-15(25)5-7-16)12-18-19(33)20(34)23(36-18)32-11-8-17-21(26)28-13-29-22(17)32/h4-8,11,13-14,18-20,23,33-34H,3,9-10,12H2,1-2H3,(H2,26,28,29)(H2,27,30,35)/t18?,19-,20-,23-/m1/s1. The molecule has 1 aromatic carbocycles. The molecule has 6 N–H and O–H groups in total. The topological polar surface area (TPSA) is 151 Å². The lowest BCUT2D eigenvalue weighted by Gasteiger charge is -2.30. The zero-order valence-corrected chi connectivity index (χ0v) is 20.4. The lowest BCUT2D eigenvalue weighted by Crippen LogP contribution is -2.44. The first-order chi connectivity index (χ1) is 17.2. The Kier molecular flexibility index (Phi) is 8.09. The first kappa shape index (κ1) is 25.9. The Morgan fingerprint density at radius 1 is 1.22 bits per heavy atom. The van der Waals surface area contributed by atoms with Gasteiger partial charge in [0, 0.05) is 37.6 Å². The van der Waals surface area contributed by atoms with Crippen molar-refractivity contribution in [1.29, 1.82) is 0 Å². The lowest BCUT2D eigenvalue weighted by atomic mass is 9.96. The van der Waals surface area contributed by atoms with E-state index in [9.17, 15) is 15.0 Å². The molecule has 1 aliphatic rings. The van der Waals surface area contributed by atoms with E-state index in [-0.39, 0.29) is 12.1 Å². The predicted octanol–water partition coefficient (Wildman–Crippen LogP) is 0.349. The number of rotatable bonds is 9. The smallest absolute Gasteiger partial charge is 0.319 e. The van der Waals surface area contributed by atoms with Crippen LogP contribution in [0.5, 0.6) is 0 Å². The van der Waals surface area contributed by atoms with Crippen molar-refractivity contribution in [2.24, 2.45) is 0 Å². The fourth-order valence-corrected chi connectivity index (χ4v) is 4.32. The highest BCUT2D eigenvalue weighted by molar-refractivity contribution is 6.32. The van der Waals surface area contributed by atoms with E-state index in [1.54, 1.807) is 41.1 Å². The summed E-state index contributed by atoms with van der Waals surface area (Å²) in [6.07, 6.45) is 0.163. The molecule has 0 spiro atoms. The molecule has 1 aliphatic heterocycles. The van der Waals surface area contributed by atoms with Crippen LogP contribution in [-0.4, -0.2) is 87.5 Å². The summed E-state index contributed by atoms with van der Waals surface area (Å²) in [6, 6.07) is 8.56. The van der Waals surface area contributed by atoms with E-state index < -0.39 is 24.5 Å². The molecule has 2 aromatic heterocycles. The first-order valence-corrected chi connectivity index (χ1v) is 12.0. The summed E-state index contributed by atoms with van der Waals surface area (Å²) in [5.74, 6) is 0.338. The van der Waals surface area contributed by atoms with Crippen molar-refractivity contribution in [3.8, 4) is 0 Å². The molecule has 1 saturated heterocycles. The molecule has 2 radical (unpaired) electrons. The number of nitrogens with zero attached hydrogens (tertiary/aromatic N) is 4. The molecule has 1 unspecified atom stereocenters. The number of nitrogens with two attached hydrogens (primary N) is 1. The first-order valence-electron chi connectivity index (χ1n) is 12.0. The third-order valence-electron chi connectivity index (χ3n) is 6.37. The maximum atomic E-state index is 12.1. The number of hydrogen-bond acceptors (Lipinski definition) is 8. The van der Waals surface area contributed by atoms with Crippen LogP contribution in [0.2, 0.25) is 0 Å². The third kappa shape index (κ3) is 5.78. The molecule has 0 aliphatic carbocycles. The molecule has 190 valence electrons. The van der Waals surface area contributed by atoms with E-state index in [4.69, 9.17) is 18.3 Å². The highest BCUT2D eigenvalue weighted by atomic mass is 16.6. The van der Waals surface area contributed by atoms with Gasteiger partial charge in [-0.05, 0) is 38.5 Å². The average molecular weight is 493 g/mol. The van der Waals surface area contributed by atoms with E-state index in [0.29, 0.717) is 54.1 Å².